The fraction of sp³-hybridized carbons (Fsp3) is 0.381. The van der Waals surface area contributed by atoms with Crippen molar-refractivity contribution in [3.05, 3.63) is 60.2 Å². The number of ether oxygens (including phenoxy) is 2. The smallest absolute Gasteiger partial charge is 0.251 e. The second-order valence-electron chi connectivity index (χ2n) is 6.34. The molecule has 4 heteroatoms. The molecule has 0 radical (unpaired) electrons. The van der Waals surface area contributed by atoms with Crippen molar-refractivity contribution in [1.29, 1.82) is 0 Å². The number of rotatable bonds is 7. The van der Waals surface area contributed by atoms with Crippen molar-refractivity contribution in [3.63, 3.8) is 0 Å². The van der Waals surface area contributed by atoms with Gasteiger partial charge in [0.15, 0.2) is 0 Å². The lowest BCUT2D eigenvalue weighted by Crippen LogP contribution is -2.36. The van der Waals surface area contributed by atoms with E-state index in [9.17, 15) is 4.79 Å². The lowest BCUT2D eigenvalue weighted by Gasteiger charge is -2.22. The van der Waals surface area contributed by atoms with Crippen LogP contribution >= 0.6 is 0 Å². The van der Waals surface area contributed by atoms with Gasteiger partial charge in [0, 0.05) is 11.6 Å². The molecule has 2 aromatic rings. The summed E-state index contributed by atoms with van der Waals surface area (Å²) in [5.74, 6) is 1.58. The minimum atomic E-state index is 0.00543. The Bertz CT molecular complexity index is 649. The standard InChI is InChI=1S/C21H25NO3/c23-21(22-18-7-3-1-4-8-18)17-11-13-20(14-12-17)25-16-15-24-19-9-5-2-6-10-19/h2,5-6,9-14,18H,1,3-4,7-8,15-16H2,(H,22,23). The van der Waals surface area contributed by atoms with Gasteiger partial charge in [-0.2, -0.15) is 0 Å². The first-order chi connectivity index (χ1) is 12.3. The maximum atomic E-state index is 12.3. The summed E-state index contributed by atoms with van der Waals surface area (Å²) in [4.78, 5) is 12.3. The number of amides is 1. The summed E-state index contributed by atoms with van der Waals surface area (Å²) in [5, 5.41) is 3.13. The molecule has 132 valence electrons. The van der Waals surface area contributed by atoms with Crippen LogP contribution in [0.5, 0.6) is 11.5 Å². The number of benzene rings is 2. The second-order valence-corrected chi connectivity index (χ2v) is 6.34. The molecule has 4 nitrogen and oxygen atoms in total. The molecule has 2 aromatic carbocycles. The molecule has 0 aliphatic heterocycles. The van der Waals surface area contributed by atoms with Gasteiger partial charge in [-0.1, -0.05) is 37.5 Å². The predicted molar refractivity (Wildman–Crippen MR) is 98.2 cm³/mol. The molecule has 1 N–H and O–H groups in total. The molecule has 0 atom stereocenters. The predicted octanol–water partition coefficient (Wildman–Crippen LogP) is 4.21. The lowest BCUT2D eigenvalue weighted by molar-refractivity contribution is 0.0927. The zero-order valence-electron chi connectivity index (χ0n) is 14.4. The van der Waals surface area contributed by atoms with E-state index >= 15 is 0 Å². The van der Waals surface area contributed by atoms with Gasteiger partial charge < -0.3 is 14.8 Å². The monoisotopic (exact) mass is 339 g/mol. The van der Waals surface area contributed by atoms with Crippen molar-refractivity contribution < 1.29 is 14.3 Å². The third-order valence-corrected chi connectivity index (χ3v) is 4.42. The van der Waals surface area contributed by atoms with Crippen molar-refractivity contribution in [3.8, 4) is 11.5 Å². The van der Waals surface area contributed by atoms with Gasteiger partial charge in [0.2, 0.25) is 0 Å². The summed E-state index contributed by atoms with van der Waals surface area (Å²) < 4.78 is 11.2. The number of nitrogens with one attached hydrogen (secondary N) is 1. The molecule has 0 bridgehead atoms. The lowest BCUT2D eigenvalue weighted by atomic mass is 9.95. The van der Waals surface area contributed by atoms with E-state index in [2.05, 4.69) is 5.32 Å². The van der Waals surface area contributed by atoms with E-state index in [0.29, 0.717) is 24.8 Å². The van der Waals surface area contributed by atoms with E-state index in [0.717, 1.165) is 24.3 Å². The van der Waals surface area contributed by atoms with Crippen LogP contribution in [-0.2, 0) is 0 Å². The first kappa shape index (κ1) is 17.3. The van der Waals surface area contributed by atoms with Crippen LogP contribution in [0.15, 0.2) is 54.6 Å². The minimum absolute atomic E-state index is 0.00543. The van der Waals surface area contributed by atoms with Crippen molar-refractivity contribution in [2.45, 2.75) is 38.1 Å². The van der Waals surface area contributed by atoms with Gasteiger partial charge in [-0.25, -0.2) is 0 Å². The van der Waals surface area contributed by atoms with E-state index in [1.165, 1.54) is 19.3 Å². The van der Waals surface area contributed by atoms with E-state index in [4.69, 9.17) is 9.47 Å². The minimum Gasteiger partial charge on any atom is -0.490 e. The molecule has 25 heavy (non-hydrogen) atoms. The summed E-state index contributed by atoms with van der Waals surface area (Å²) in [6.45, 7) is 0.941. The molecule has 0 heterocycles. The Morgan fingerprint density at radius 1 is 0.840 bits per heavy atom. The molecule has 0 spiro atoms. The zero-order valence-corrected chi connectivity index (χ0v) is 14.4. The fourth-order valence-corrected chi connectivity index (χ4v) is 3.05. The van der Waals surface area contributed by atoms with Crippen LogP contribution in [0.25, 0.3) is 0 Å². The highest BCUT2D eigenvalue weighted by Gasteiger charge is 2.16. The van der Waals surface area contributed by atoms with E-state index in [1.807, 2.05) is 54.6 Å². The van der Waals surface area contributed by atoms with Gasteiger partial charge in [0.05, 0.1) is 0 Å². The van der Waals surface area contributed by atoms with E-state index < -0.39 is 0 Å². The molecular formula is C21H25NO3. The van der Waals surface area contributed by atoms with Crippen molar-refractivity contribution in [2.24, 2.45) is 0 Å². The molecule has 0 aromatic heterocycles. The Kier molecular flexibility index (Phi) is 6.32. The fourth-order valence-electron chi connectivity index (χ4n) is 3.05. The average molecular weight is 339 g/mol. The SMILES string of the molecule is O=C(NC1CCCCC1)c1ccc(OCCOc2ccccc2)cc1. The number of hydrogen-bond donors (Lipinski definition) is 1. The third-order valence-electron chi connectivity index (χ3n) is 4.42. The van der Waals surface area contributed by atoms with E-state index in [1.54, 1.807) is 0 Å². The topological polar surface area (TPSA) is 47.6 Å². The number of hydrogen-bond acceptors (Lipinski definition) is 3. The van der Waals surface area contributed by atoms with Gasteiger partial charge >= 0.3 is 0 Å². The molecule has 1 aliphatic carbocycles. The number of carbonyl (C=O) groups excluding carboxylic acids is 1. The average Bonchev–Trinajstić information content (AvgIpc) is 2.67. The van der Waals surface area contributed by atoms with Crippen molar-refractivity contribution in [2.75, 3.05) is 13.2 Å². The molecule has 1 amide bonds. The first-order valence-electron chi connectivity index (χ1n) is 9.03. The molecule has 0 unspecified atom stereocenters. The molecule has 3 rings (SSSR count). The van der Waals surface area contributed by atoms with Crippen LogP contribution in [0, 0.1) is 0 Å². The molecule has 1 saturated carbocycles. The maximum Gasteiger partial charge on any atom is 0.251 e. The second kappa shape index (κ2) is 9.11. The van der Waals surface area contributed by atoms with Gasteiger partial charge in [0.1, 0.15) is 24.7 Å². The van der Waals surface area contributed by atoms with Gasteiger partial charge in [-0.05, 0) is 49.2 Å². The summed E-state index contributed by atoms with van der Waals surface area (Å²) in [6, 6.07) is 17.3. The Morgan fingerprint density at radius 3 is 2.08 bits per heavy atom. The highest BCUT2D eigenvalue weighted by molar-refractivity contribution is 5.94. The maximum absolute atomic E-state index is 12.3. The summed E-state index contributed by atoms with van der Waals surface area (Å²) in [5.41, 5.74) is 0.679. The largest absolute Gasteiger partial charge is 0.490 e. The summed E-state index contributed by atoms with van der Waals surface area (Å²) in [7, 11) is 0. The van der Waals surface area contributed by atoms with E-state index in [-0.39, 0.29) is 5.91 Å². The third kappa shape index (κ3) is 5.52. The number of carbonyl (C=O) groups is 1. The van der Waals surface area contributed by atoms with Crippen LogP contribution in [0.3, 0.4) is 0 Å². The van der Waals surface area contributed by atoms with Gasteiger partial charge in [-0.15, -0.1) is 0 Å². The van der Waals surface area contributed by atoms with Crippen LogP contribution in [-0.4, -0.2) is 25.2 Å². The quantitative estimate of drug-likeness (QED) is 0.769. The van der Waals surface area contributed by atoms with Gasteiger partial charge in [-0.3, -0.25) is 4.79 Å². The highest BCUT2D eigenvalue weighted by atomic mass is 16.5. The van der Waals surface area contributed by atoms with Crippen molar-refractivity contribution >= 4 is 5.91 Å². The summed E-state index contributed by atoms with van der Waals surface area (Å²) in [6.07, 6.45) is 5.89. The zero-order chi connectivity index (χ0) is 17.3. The van der Waals surface area contributed by atoms with Crippen LogP contribution < -0.4 is 14.8 Å². The summed E-state index contributed by atoms with van der Waals surface area (Å²) >= 11 is 0. The first-order valence-corrected chi connectivity index (χ1v) is 9.03. The molecule has 1 fully saturated rings. The normalized spacial score (nSPS) is 14.7. The van der Waals surface area contributed by atoms with Gasteiger partial charge in [0.25, 0.3) is 5.91 Å². The van der Waals surface area contributed by atoms with Crippen LogP contribution in [0.1, 0.15) is 42.5 Å². The Hall–Kier alpha value is -2.49. The number of para-hydroxylation sites is 1. The highest BCUT2D eigenvalue weighted by Crippen LogP contribution is 2.18. The van der Waals surface area contributed by atoms with Crippen LogP contribution in [0.2, 0.25) is 0 Å². The molecule has 1 aliphatic rings. The Balaban J connectivity index is 1.41. The molecular weight excluding hydrogens is 314 g/mol. The molecule has 0 saturated heterocycles. The van der Waals surface area contributed by atoms with Crippen molar-refractivity contribution in [1.82, 2.24) is 5.32 Å². The van der Waals surface area contributed by atoms with Crippen LogP contribution in [0.4, 0.5) is 0 Å². The Labute approximate surface area is 149 Å². The Morgan fingerprint density at radius 2 is 1.44 bits per heavy atom.